The summed E-state index contributed by atoms with van der Waals surface area (Å²) in [5, 5.41) is 1.17. The second kappa shape index (κ2) is 7.50. The van der Waals surface area contributed by atoms with Crippen LogP contribution >= 0.6 is 11.6 Å². The first-order chi connectivity index (χ1) is 15.4. The molecule has 0 N–H and O–H groups in total. The lowest BCUT2D eigenvalue weighted by molar-refractivity contribution is 0.594. The first-order valence-corrected chi connectivity index (χ1v) is 10.5. The van der Waals surface area contributed by atoms with Gasteiger partial charge in [-0.15, -0.1) is 0 Å². The summed E-state index contributed by atoms with van der Waals surface area (Å²) in [5.41, 5.74) is 2.37. The summed E-state index contributed by atoms with van der Waals surface area (Å²) in [6.45, 7) is 1.93. The van der Waals surface area contributed by atoms with E-state index in [1.54, 1.807) is 54.1 Å². The number of rotatable bonds is 3. The number of nitrogens with zero attached hydrogens (tertiary/aromatic N) is 3. The average Bonchev–Trinajstić information content (AvgIpc) is 3.04. The molecule has 5 rings (SSSR count). The maximum atomic E-state index is 14.5. The van der Waals surface area contributed by atoms with Crippen LogP contribution in [0.2, 0.25) is 5.02 Å². The van der Waals surface area contributed by atoms with Crippen LogP contribution in [-0.2, 0) is 13.6 Å². The van der Waals surface area contributed by atoms with E-state index in [4.69, 9.17) is 11.6 Å². The minimum Gasteiger partial charge on any atom is -0.338 e. The van der Waals surface area contributed by atoms with Crippen molar-refractivity contribution in [2.75, 3.05) is 0 Å². The Hall–Kier alpha value is -3.64. The van der Waals surface area contributed by atoms with Crippen LogP contribution in [0.5, 0.6) is 0 Å². The number of aromatic nitrogens is 3. The van der Waals surface area contributed by atoms with Crippen molar-refractivity contribution in [3.05, 3.63) is 110 Å². The number of fused-ring (bicyclic) bond motifs is 3. The van der Waals surface area contributed by atoms with E-state index < -0.39 is 17.1 Å². The van der Waals surface area contributed by atoms with Crippen LogP contribution in [-0.4, -0.2) is 13.7 Å². The number of aryl methyl sites for hydroxylation is 2. The SMILES string of the molecule is Cc1ccc2c(c1)c1c(c(=O)n(-c3cccc(Cl)c3)c(=O)n1Cc1ccccc1F)n2C. The second-order valence-electron chi connectivity index (χ2n) is 7.86. The van der Waals surface area contributed by atoms with Gasteiger partial charge < -0.3 is 4.57 Å². The first-order valence-electron chi connectivity index (χ1n) is 10.1. The zero-order chi connectivity index (χ0) is 22.6. The third-order valence-electron chi connectivity index (χ3n) is 5.78. The molecule has 0 unspecified atom stereocenters. The third-order valence-corrected chi connectivity index (χ3v) is 6.01. The maximum Gasteiger partial charge on any atom is 0.336 e. The monoisotopic (exact) mass is 447 g/mol. The van der Waals surface area contributed by atoms with Crippen molar-refractivity contribution in [3.63, 3.8) is 0 Å². The quantitative estimate of drug-likeness (QED) is 0.399. The molecule has 0 aliphatic rings. The summed E-state index contributed by atoms with van der Waals surface area (Å²) in [6.07, 6.45) is 0. The molecule has 3 aromatic carbocycles. The van der Waals surface area contributed by atoms with E-state index in [-0.39, 0.29) is 6.54 Å². The van der Waals surface area contributed by atoms with E-state index in [0.29, 0.717) is 27.3 Å². The van der Waals surface area contributed by atoms with Crippen LogP contribution in [0.3, 0.4) is 0 Å². The molecule has 2 heterocycles. The zero-order valence-corrected chi connectivity index (χ0v) is 18.2. The van der Waals surface area contributed by atoms with Crippen molar-refractivity contribution in [2.24, 2.45) is 7.05 Å². The highest BCUT2D eigenvalue weighted by atomic mass is 35.5. The molecule has 0 aliphatic carbocycles. The van der Waals surface area contributed by atoms with Gasteiger partial charge in [-0.3, -0.25) is 9.36 Å². The summed E-state index contributed by atoms with van der Waals surface area (Å²) < 4.78 is 18.9. The minimum atomic E-state index is -0.554. The molecule has 0 bridgehead atoms. The normalized spacial score (nSPS) is 11.5. The fraction of sp³-hybridized carbons (Fsp3) is 0.120. The van der Waals surface area contributed by atoms with Gasteiger partial charge in [0, 0.05) is 23.0 Å². The highest BCUT2D eigenvalue weighted by Gasteiger charge is 2.22. The van der Waals surface area contributed by atoms with Crippen LogP contribution in [0.15, 0.2) is 76.3 Å². The maximum absolute atomic E-state index is 14.5. The van der Waals surface area contributed by atoms with Crippen LogP contribution < -0.4 is 11.2 Å². The van der Waals surface area contributed by atoms with Gasteiger partial charge in [-0.25, -0.2) is 13.8 Å². The third kappa shape index (κ3) is 3.07. The standard InChI is InChI=1S/C25H19ClFN3O2/c1-15-10-11-21-19(12-15)22-23(28(21)2)24(31)30(18-8-5-7-17(26)13-18)25(32)29(22)14-16-6-3-4-9-20(16)27/h3-13H,14H2,1-2H3. The number of benzene rings is 3. The van der Waals surface area contributed by atoms with Crippen molar-refractivity contribution < 1.29 is 4.39 Å². The molecule has 0 amide bonds. The van der Waals surface area contributed by atoms with Crippen molar-refractivity contribution in [1.29, 1.82) is 0 Å². The van der Waals surface area contributed by atoms with Gasteiger partial charge in [0.25, 0.3) is 5.56 Å². The van der Waals surface area contributed by atoms with Crippen LogP contribution in [0.4, 0.5) is 4.39 Å². The van der Waals surface area contributed by atoms with Crippen LogP contribution in [0, 0.1) is 12.7 Å². The molecule has 7 heteroatoms. The highest BCUT2D eigenvalue weighted by molar-refractivity contribution is 6.30. The molecule has 0 saturated heterocycles. The van der Waals surface area contributed by atoms with E-state index in [1.807, 2.05) is 25.1 Å². The Morgan fingerprint density at radius 2 is 1.72 bits per heavy atom. The molecule has 0 aliphatic heterocycles. The van der Waals surface area contributed by atoms with Crippen molar-refractivity contribution in [1.82, 2.24) is 13.7 Å². The molecule has 32 heavy (non-hydrogen) atoms. The molecule has 0 fully saturated rings. The summed E-state index contributed by atoms with van der Waals surface area (Å²) in [6, 6.07) is 18.7. The lowest BCUT2D eigenvalue weighted by Crippen LogP contribution is -2.39. The molecule has 5 nitrogen and oxygen atoms in total. The van der Waals surface area contributed by atoms with Gasteiger partial charge in [0.1, 0.15) is 11.3 Å². The van der Waals surface area contributed by atoms with Crippen LogP contribution in [0.1, 0.15) is 11.1 Å². The molecular formula is C25H19ClFN3O2. The molecule has 160 valence electrons. The van der Waals surface area contributed by atoms with Crippen LogP contribution in [0.25, 0.3) is 27.6 Å². The van der Waals surface area contributed by atoms with E-state index in [0.717, 1.165) is 21.0 Å². The van der Waals surface area contributed by atoms with E-state index in [2.05, 4.69) is 0 Å². The van der Waals surface area contributed by atoms with Crippen molar-refractivity contribution in [2.45, 2.75) is 13.5 Å². The zero-order valence-electron chi connectivity index (χ0n) is 17.5. The predicted molar refractivity (Wildman–Crippen MR) is 126 cm³/mol. The Balaban J connectivity index is 1.97. The first kappa shape index (κ1) is 20.3. The fourth-order valence-corrected chi connectivity index (χ4v) is 4.44. The van der Waals surface area contributed by atoms with Gasteiger partial charge >= 0.3 is 5.69 Å². The van der Waals surface area contributed by atoms with Gasteiger partial charge in [0.2, 0.25) is 0 Å². The molecule has 0 radical (unpaired) electrons. The molecular weight excluding hydrogens is 429 g/mol. The van der Waals surface area contributed by atoms with Gasteiger partial charge in [-0.2, -0.15) is 0 Å². The van der Waals surface area contributed by atoms with Gasteiger partial charge in [-0.05, 0) is 43.3 Å². The second-order valence-corrected chi connectivity index (χ2v) is 8.29. The molecule has 2 aromatic heterocycles. The van der Waals surface area contributed by atoms with E-state index >= 15 is 0 Å². The van der Waals surface area contributed by atoms with Gasteiger partial charge in [0.05, 0.1) is 23.3 Å². The smallest absolute Gasteiger partial charge is 0.336 e. The molecule has 0 atom stereocenters. The summed E-state index contributed by atoms with van der Waals surface area (Å²) >= 11 is 6.14. The van der Waals surface area contributed by atoms with Crippen molar-refractivity contribution >= 4 is 33.5 Å². The molecule has 0 saturated carbocycles. The molecule has 5 aromatic rings. The van der Waals surface area contributed by atoms with E-state index in [1.165, 1.54) is 10.6 Å². The van der Waals surface area contributed by atoms with Gasteiger partial charge in [-0.1, -0.05) is 47.5 Å². The predicted octanol–water partition coefficient (Wildman–Crippen LogP) is 4.79. The Labute approximate surface area is 187 Å². The summed E-state index contributed by atoms with van der Waals surface area (Å²) in [7, 11) is 1.79. The summed E-state index contributed by atoms with van der Waals surface area (Å²) in [4.78, 5) is 27.3. The Kier molecular flexibility index (Phi) is 4.75. The molecule has 0 spiro atoms. The Bertz CT molecular complexity index is 1650. The summed E-state index contributed by atoms with van der Waals surface area (Å²) in [5.74, 6) is -0.413. The van der Waals surface area contributed by atoms with E-state index in [9.17, 15) is 14.0 Å². The topological polar surface area (TPSA) is 48.9 Å². The average molecular weight is 448 g/mol. The number of hydrogen-bond donors (Lipinski definition) is 0. The Morgan fingerprint density at radius 3 is 2.47 bits per heavy atom. The van der Waals surface area contributed by atoms with Gasteiger partial charge in [0.15, 0.2) is 0 Å². The minimum absolute atomic E-state index is 0.0179. The Morgan fingerprint density at radius 1 is 0.938 bits per heavy atom. The fourth-order valence-electron chi connectivity index (χ4n) is 4.25. The lowest BCUT2D eigenvalue weighted by Gasteiger charge is -2.14. The number of halogens is 2. The lowest BCUT2D eigenvalue weighted by atomic mass is 10.1. The highest BCUT2D eigenvalue weighted by Crippen LogP contribution is 2.27. The largest absolute Gasteiger partial charge is 0.338 e. The van der Waals surface area contributed by atoms with Crippen molar-refractivity contribution in [3.8, 4) is 5.69 Å². The number of hydrogen-bond acceptors (Lipinski definition) is 2.